The molecule has 2 aromatic carbocycles. The number of nitrogens with zero attached hydrogens (tertiary/aromatic N) is 3. The average molecular weight is 393 g/mol. The molecule has 150 valence electrons. The Morgan fingerprint density at radius 3 is 2.72 bits per heavy atom. The Kier molecular flexibility index (Phi) is 5.20. The minimum absolute atomic E-state index is 0.0120. The molecule has 1 amide bonds. The lowest BCUT2D eigenvalue weighted by molar-refractivity contribution is 0.0710. The minimum atomic E-state index is -0.218. The molecule has 0 N–H and O–H groups in total. The molecule has 7 heteroatoms. The van der Waals surface area contributed by atoms with Crippen LogP contribution in [0.5, 0.6) is 11.5 Å². The van der Waals surface area contributed by atoms with Crippen molar-refractivity contribution in [3.05, 3.63) is 59.5 Å². The lowest BCUT2D eigenvalue weighted by Crippen LogP contribution is -2.30. The fourth-order valence-corrected chi connectivity index (χ4v) is 3.67. The Morgan fingerprint density at radius 2 is 1.97 bits per heavy atom. The number of carbonyl (C=O) groups is 1. The van der Waals surface area contributed by atoms with Gasteiger partial charge in [0.1, 0.15) is 6.04 Å². The Balaban J connectivity index is 1.59. The van der Waals surface area contributed by atoms with Crippen molar-refractivity contribution in [3.8, 4) is 22.9 Å². The third-order valence-electron chi connectivity index (χ3n) is 5.15. The molecule has 1 fully saturated rings. The fourth-order valence-electron chi connectivity index (χ4n) is 3.67. The molecule has 29 heavy (non-hydrogen) atoms. The molecule has 0 spiro atoms. The molecule has 1 aromatic heterocycles. The quantitative estimate of drug-likeness (QED) is 0.651. The van der Waals surface area contributed by atoms with Gasteiger partial charge >= 0.3 is 0 Å². The first kappa shape index (κ1) is 19.0. The van der Waals surface area contributed by atoms with E-state index in [2.05, 4.69) is 10.1 Å². The first-order valence-corrected chi connectivity index (χ1v) is 9.54. The molecular formula is C22H23N3O4. The van der Waals surface area contributed by atoms with E-state index in [9.17, 15) is 4.79 Å². The van der Waals surface area contributed by atoms with Crippen molar-refractivity contribution >= 4 is 5.91 Å². The molecule has 0 bridgehead atoms. The van der Waals surface area contributed by atoms with Crippen molar-refractivity contribution in [2.75, 3.05) is 20.8 Å². The number of hydrogen-bond donors (Lipinski definition) is 0. The summed E-state index contributed by atoms with van der Waals surface area (Å²) in [6, 6.07) is 12.9. The van der Waals surface area contributed by atoms with Crippen molar-refractivity contribution in [3.63, 3.8) is 0 Å². The Bertz CT molecular complexity index is 1030. The summed E-state index contributed by atoms with van der Waals surface area (Å²) < 4.78 is 16.2. The van der Waals surface area contributed by atoms with Crippen LogP contribution in [0.15, 0.2) is 47.0 Å². The highest BCUT2D eigenvalue weighted by Crippen LogP contribution is 2.35. The van der Waals surface area contributed by atoms with Crippen LogP contribution >= 0.6 is 0 Å². The number of carbonyl (C=O) groups excluding carboxylic acids is 1. The highest BCUT2D eigenvalue weighted by atomic mass is 16.5. The first-order valence-electron chi connectivity index (χ1n) is 9.54. The van der Waals surface area contributed by atoms with Gasteiger partial charge in [-0.2, -0.15) is 4.98 Å². The molecule has 4 rings (SSSR count). The third-order valence-corrected chi connectivity index (χ3v) is 5.15. The normalized spacial score (nSPS) is 16.1. The van der Waals surface area contributed by atoms with Gasteiger partial charge in [0.2, 0.25) is 11.7 Å². The van der Waals surface area contributed by atoms with Crippen LogP contribution in [-0.2, 0) is 0 Å². The maximum Gasteiger partial charge on any atom is 0.254 e. The second-order valence-corrected chi connectivity index (χ2v) is 7.05. The summed E-state index contributed by atoms with van der Waals surface area (Å²) in [5.41, 5.74) is 2.49. The fraction of sp³-hybridized carbons (Fsp3) is 0.318. The Morgan fingerprint density at radius 1 is 1.14 bits per heavy atom. The van der Waals surface area contributed by atoms with E-state index < -0.39 is 0 Å². The zero-order valence-corrected chi connectivity index (χ0v) is 16.7. The van der Waals surface area contributed by atoms with Crippen LogP contribution in [0.3, 0.4) is 0 Å². The van der Waals surface area contributed by atoms with Crippen LogP contribution in [-0.4, -0.2) is 41.7 Å². The number of rotatable bonds is 5. The molecule has 1 atom stereocenters. The summed E-state index contributed by atoms with van der Waals surface area (Å²) in [4.78, 5) is 19.4. The molecule has 0 saturated carbocycles. The minimum Gasteiger partial charge on any atom is -0.493 e. The standard InChI is InChI=1S/C22H23N3O4/c1-14-6-4-7-16(12-14)22(26)25-11-5-8-17(25)21-23-20(24-29-21)15-9-10-18(27-2)19(13-15)28-3/h4,6-7,9-10,12-13,17H,5,8,11H2,1-3H3/t17-/m1/s1. The van der Waals surface area contributed by atoms with E-state index in [4.69, 9.17) is 14.0 Å². The summed E-state index contributed by atoms with van der Waals surface area (Å²) in [5.74, 6) is 2.12. The van der Waals surface area contributed by atoms with Gasteiger partial charge in [0.15, 0.2) is 11.5 Å². The SMILES string of the molecule is COc1ccc(-c2noc([C@H]3CCCN3C(=O)c3cccc(C)c3)n2)cc1OC. The van der Waals surface area contributed by atoms with Crippen molar-refractivity contribution in [1.82, 2.24) is 15.0 Å². The number of methoxy groups -OCH3 is 2. The molecule has 0 unspecified atom stereocenters. The van der Waals surface area contributed by atoms with Crippen molar-refractivity contribution < 1.29 is 18.8 Å². The van der Waals surface area contributed by atoms with E-state index in [1.165, 1.54) is 0 Å². The van der Waals surface area contributed by atoms with E-state index in [-0.39, 0.29) is 11.9 Å². The van der Waals surface area contributed by atoms with Gasteiger partial charge in [-0.25, -0.2) is 0 Å². The predicted molar refractivity (Wildman–Crippen MR) is 107 cm³/mol. The largest absolute Gasteiger partial charge is 0.493 e. The van der Waals surface area contributed by atoms with Crippen LogP contribution in [0, 0.1) is 6.92 Å². The number of likely N-dealkylation sites (tertiary alicyclic amines) is 1. The molecule has 2 heterocycles. The van der Waals surface area contributed by atoms with E-state index in [1.807, 2.05) is 42.2 Å². The molecule has 1 aliphatic rings. The predicted octanol–water partition coefficient (Wildman–Crippen LogP) is 4.04. The first-order chi connectivity index (χ1) is 14.1. The van der Waals surface area contributed by atoms with Gasteiger partial charge < -0.3 is 18.9 Å². The summed E-state index contributed by atoms with van der Waals surface area (Å²) in [6.45, 7) is 2.65. The average Bonchev–Trinajstić information content (AvgIpc) is 3.42. The van der Waals surface area contributed by atoms with Crippen molar-refractivity contribution in [2.45, 2.75) is 25.8 Å². The van der Waals surface area contributed by atoms with Crippen LogP contribution in [0.1, 0.15) is 40.7 Å². The van der Waals surface area contributed by atoms with Gasteiger partial charge in [-0.1, -0.05) is 22.9 Å². The Labute approximate surface area is 169 Å². The number of aryl methyl sites for hydroxylation is 1. The highest BCUT2D eigenvalue weighted by molar-refractivity contribution is 5.94. The molecular weight excluding hydrogens is 370 g/mol. The third kappa shape index (κ3) is 3.68. The van der Waals surface area contributed by atoms with Gasteiger partial charge in [0.05, 0.1) is 14.2 Å². The van der Waals surface area contributed by atoms with E-state index in [0.29, 0.717) is 35.3 Å². The summed E-state index contributed by atoms with van der Waals surface area (Å²) in [5, 5.41) is 4.12. The maximum absolute atomic E-state index is 13.0. The Hall–Kier alpha value is -3.35. The van der Waals surface area contributed by atoms with E-state index in [1.54, 1.807) is 26.4 Å². The second kappa shape index (κ2) is 7.95. The summed E-state index contributed by atoms with van der Waals surface area (Å²) >= 11 is 0. The van der Waals surface area contributed by atoms with Gasteiger partial charge in [-0.15, -0.1) is 0 Å². The van der Waals surface area contributed by atoms with Gasteiger partial charge in [-0.05, 0) is 50.1 Å². The van der Waals surface area contributed by atoms with Crippen molar-refractivity contribution in [1.29, 1.82) is 0 Å². The monoisotopic (exact) mass is 393 g/mol. The summed E-state index contributed by atoms with van der Waals surface area (Å²) in [7, 11) is 3.17. The van der Waals surface area contributed by atoms with E-state index >= 15 is 0 Å². The smallest absolute Gasteiger partial charge is 0.254 e. The van der Waals surface area contributed by atoms with Crippen molar-refractivity contribution in [2.24, 2.45) is 0 Å². The lowest BCUT2D eigenvalue weighted by Gasteiger charge is -2.22. The van der Waals surface area contributed by atoms with Gasteiger partial charge in [0.25, 0.3) is 5.91 Å². The molecule has 3 aromatic rings. The number of hydrogen-bond acceptors (Lipinski definition) is 6. The molecule has 1 saturated heterocycles. The number of ether oxygens (including phenoxy) is 2. The van der Waals surface area contributed by atoms with Crippen LogP contribution in [0.4, 0.5) is 0 Å². The second-order valence-electron chi connectivity index (χ2n) is 7.05. The molecule has 7 nitrogen and oxygen atoms in total. The summed E-state index contributed by atoms with van der Waals surface area (Å²) in [6.07, 6.45) is 1.70. The maximum atomic E-state index is 13.0. The molecule has 0 radical (unpaired) electrons. The molecule has 0 aliphatic carbocycles. The number of amides is 1. The zero-order valence-electron chi connectivity index (χ0n) is 16.7. The molecule has 1 aliphatic heterocycles. The van der Waals surface area contributed by atoms with Crippen LogP contribution in [0.2, 0.25) is 0 Å². The van der Waals surface area contributed by atoms with E-state index in [0.717, 1.165) is 24.0 Å². The van der Waals surface area contributed by atoms with Crippen LogP contribution < -0.4 is 9.47 Å². The van der Waals surface area contributed by atoms with Gasteiger partial charge in [-0.3, -0.25) is 4.79 Å². The topological polar surface area (TPSA) is 77.7 Å². The number of benzene rings is 2. The highest BCUT2D eigenvalue weighted by Gasteiger charge is 2.34. The lowest BCUT2D eigenvalue weighted by atomic mass is 10.1. The zero-order chi connectivity index (χ0) is 20.4. The van der Waals surface area contributed by atoms with Gasteiger partial charge in [0, 0.05) is 17.7 Å². The van der Waals surface area contributed by atoms with Crippen LogP contribution in [0.25, 0.3) is 11.4 Å². The number of aromatic nitrogens is 2.